The number of thiocarbonyl (C=S) groups is 1. The van der Waals surface area contributed by atoms with Gasteiger partial charge < -0.3 is 9.73 Å². The van der Waals surface area contributed by atoms with Crippen molar-refractivity contribution >= 4 is 23.3 Å². The molecule has 2 aromatic heterocycles. The molecule has 0 fully saturated rings. The van der Waals surface area contributed by atoms with Crippen LogP contribution in [0, 0.1) is 6.92 Å². The number of hydrogen-bond donors (Lipinski definition) is 2. The number of aryl methyl sites for hydroxylation is 1. The van der Waals surface area contributed by atoms with E-state index in [0.717, 1.165) is 5.76 Å². The van der Waals surface area contributed by atoms with Gasteiger partial charge in [-0.15, -0.1) is 5.10 Å². The van der Waals surface area contributed by atoms with Crippen LogP contribution in [-0.4, -0.2) is 19.9 Å². The van der Waals surface area contributed by atoms with Crippen LogP contribution in [0.15, 0.2) is 53.4 Å². The molecular weight excluding hydrogens is 310 g/mol. The number of rotatable bonds is 5. The third kappa shape index (κ3) is 4.17. The summed E-state index contributed by atoms with van der Waals surface area (Å²) in [7, 11) is 0. The highest BCUT2D eigenvalue weighted by atomic mass is 32.1. The van der Waals surface area contributed by atoms with Crippen LogP contribution in [0.1, 0.15) is 16.9 Å². The highest BCUT2D eigenvalue weighted by molar-refractivity contribution is 7.80. The molecule has 118 valence electrons. The van der Waals surface area contributed by atoms with Gasteiger partial charge in [-0.25, -0.2) is 9.67 Å². The standard InChI is InChI=1S/C16H17N5OS/c1-12-5-2-3-6-13(12)10-21-11-18-15(20-21)19-16(23)17-9-14-7-4-8-22-14/h2-8,11H,9-10H2,1H3,(H2,17,19,20,23). The minimum Gasteiger partial charge on any atom is -0.467 e. The maximum absolute atomic E-state index is 5.23. The second-order valence-electron chi connectivity index (χ2n) is 5.08. The summed E-state index contributed by atoms with van der Waals surface area (Å²) in [5.74, 6) is 1.28. The molecule has 3 aromatic rings. The van der Waals surface area contributed by atoms with Crippen molar-refractivity contribution in [3.63, 3.8) is 0 Å². The molecule has 0 saturated carbocycles. The van der Waals surface area contributed by atoms with Crippen molar-refractivity contribution in [2.24, 2.45) is 0 Å². The number of benzene rings is 1. The Kier molecular flexibility index (Phi) is 4.68. The Labute approximate surface area is 139 Å². The Bertz CT molecular complexity index is 781. The normalized spacial score (nSPS) is 10.5. The molecule has 0 saturated heterocycles. The first-order valence-corrected chi connectivity index (χ1v) is 7.63. The molecule has 0 unspecified atom stereocenters. The Morgan fingerprint density at radius 1 is 1.26 bits per heavy atom. The van der Waals surface area contributed by atoms with Crippen molar-refractivity contribution in [1.29, 1.82) is 0 Å². The van der Waals surface area contributed by atoms with Crippen LogP contribution in [0.4, 0.5) is 5.95 Å². The topological polar surface area (TPSA) is 67.9 Å². The predicted octanol–water partition coefficient (Wildman–Crippen LogP) is 2.71. The second-order valence-corrected chi connectivity index (χ2v) is 5.49. The zero-order valence-electron chi connectivity index (χ0n) is 12.7. The van der Waals surface area contributed by atoms with Crippen molar-refractivity contribution in [3.8, 4) is 0 Å². The highest BCUT2D eigenvalue weighted by Crippen LogP contribution is 2.09. The van der Waals surface area contributed by atoms with E-state index < -0.39 is 0 Å². The Morgan fingerprint density at radius 2 is 2.13 bits per heavy atom. The summed E-state index contributed by atoms with van der Waals surface area (Å²) in [5, 5.41) is 10.8. The summed E-state index contributed by atoms with van der Waals surface area (Å²) in [5.41, 5.74) is 2.44. The van der Waals surface area contributed by atoms with E-state index in [-0.39, 0.29) is 0 Å². The number of furan rings is 1. The van der Waals surface area contributed by atoms with E-state index >= 15 is 0 Å². The predicted molar refractivity (Wildman–Crippen MR) is 92.1 cm³/mol. The van der Waals surface area contributed by atoms with E-state index in [1.165, 1.54) is 11.1 Å². The van der Waals surface area contributed by atoms with Gasteiger partial charge in [0.15, 0.2) is 5.11 Å². The summed E-state index contributed by atoms with van der Waals surface area (Å²) in [6.45, 7) is 3.27. The average Bonchev–Trinajstić information content (AvgIpc) is 3.19. The summed E-state index contributed by atoms with van der Waals surface area (Å²) in [6.07, 6.45) is 3.31. The van der Waals surface area contributed by atoms with Crippen molar-refractivity contribution in [3.05, 3.63) is 65.9 Å². The third-order valence-electron chi connectivity index (χ3n) is 3.36. The van der Waals surface area contributed by atoms with Crippen LogP contribution in [-0.2, 0) is 13.1 Å². The molecule has 0 aliphatic carbocycles. The molecule has 1 aromatic carbocycles. The number of nitrogens with zero attached hydrogens (tertiary/aromatic N) is 3. The van der Waals surface area contributed by atoms with Gasteiger partial charge in [0.25, 0.3) is 0 Å². The summed E-state index contributed by atoms with van der Waals surface area (Å²) in [6, 6.07) is 11.9. The van der Waals surface area contributed by atoms with Gasteiger partial charge >= 0.3 is 0 Å². The van der Waals surface area contributed by atoms with E-state index in [2.05, 4.69) is 39.8 Å². The van der Waals surface area contributed by atoms with E-state index in [1.54, 1.807) is 17.3 Å². The number of aromatic nitrogens is 3. The van der Waals surface area contributed by atoms with Crippen molar-refractivity contribution in [2.45, 2.75) is 20.0 Å². The number of anilines is 1. The molecule has 0 aliphatic heterocycles. The van der Waals surface area contributed by atoms with Crippen molar-refractivity contribution in [2.75, 3.05) is 5.32 Å². The Hall–Kier alpha value is -2.67. The molecule has 2 N–H and O–H groups in total. The SMILES string of the molecule is Cc1ccccc1Cn1cnc(NC(=S)NCc2ccco2)n1. The van der Waals surface area contributed by atoms with Gasteiger partial charge in [-0.3, -0.25) is 5.32 Å². The smallest absolute Gasteiger partial charge is 0.248 e. The van der Waals surface area contributed by atoms with Gasteiger partial charge in [0.1, 0.15) is 12.1 Å². The molecule has 23 heavy (non-hydrogen) atoms. The molecule has 0 bridgehead atoms. The fourth-order valence-corrected chi connectivity index (χ4v) is 2.28. The molecule has 0 amide bonds. The zero-order valence-corrected chi connectivity index (χ0v) is 13.5. The van der Waals surface area contributed by atoms with Crippen LogP contribution in [0.5, 0.6) is 0 Å². The fraction of sp³-hybridized carbons (Fsp3) is 0.188. The zero-order chi connectivity index (χ0) is 16.1. The first-order valence-electron chi connectivity index (χ1n) is 7.22. The van der Waals surface area contributed by atoms with Gasteiger partial charge in [0.05, 0.1) is 19.4 Å². The number of hydrogen-bond acceptors (Lipinski definition) is 4. The minimum absolute atomic E-state index is 0.454. The molecule has 7 heteroatoms. The first-order chi connectivity index (χ1) is 11.2. The maximum atomic E-state index is 5.23. The average molecular weight is 327 g/mol. The lowest BCUT2D eigenvalue weighted by atomic mass is 10.1. The molecule has 0 radical (unpaired) electrons. The minimum atomic E-state index is 0.454. The first kappa shape index (κ1) is 15.2. The molecular formula is C16H17N5OS. The largest absolute Gasteiger partial charge is 0.467 e. The fourth-order valence-electron chi connectivity index (χ4n) is 2.12. The quantitative estimate of drug-likeness (QED) is 0.702. The van der Waals surface area contributed by atoms with E-state index in [9.17, 15) is 0 Å². The van der Waals surface area contributed by atoms with Gasteiger partial charge in [-0.2, -0.15) is 0 Å². The molecule has 6 nitrogen and oxygen atoms in total. The van der Waals surface area contributed by atoms with Gasteiger partial charge in [-0.1, -0.05) is 24.3 Å². The molecule has 0 aliphatic rings. The van der Waals surface area contributed by atoms with Crippen LogP contribution in [0.25, 0.3) is 0 Å². The van der Waals surface area contributed by atoms with E-state index in [0.29, 0.717) is 24.2 Å². The molecule has 0 atom stereocenters. The van der Waals surface area contributed by atoms with Crippen LogP contribution in [0.2, 0.25) is 0 Å². The summed E-state index contributed by atoms with van der Waals surface area (Å²) >= 11 is 5.22. The molecule has 3 rings (SSSR count). The summed E-state index contributed by atoms with van der Waals surface area (Å²) < 4.78 is 7.01. The lowest BCUT2D eigenvalue weighted by Crippen LogP contribution is -2.28. The number of nitrogens with one attached hydrogen (secondary N) is 2. The Morgan fingerprint density at radius 3 is 2.91 bits per heavy atom. The summed E-state index contributed by atoms with van der Waals surface area (Å²) in [4.78, 5) is 4.22. The highest BCUT2D eigenvalue weighted by Gasteiger charge is 2.05. The second kappa shape index (κ2) is 7.06. The molecule has 0 spiro atoms. The monoisotopic (exact) mass is 327 g/mol. The van der Waals surface area contributed by atoms with Gasteiger partial charge in [0.2, 0.25) is 5.95 Å². The van der Waals surface area contributed by atoms with Crippen molar-refractivity contribution in [1.82, 2.24) is 20.1 Å². The third-order valence-corrected chi connectivity index (χ3v) is 3.61. The van der Waals surface area contributed by atoms with Crippen LogP contribution >= 0.6 is 12.2 Å². The van der Waals surface area contributed by atoms with E-state index in [1.807, 2.05) is 24.3 Å². The van der Waals surface area contributed by atoms with Crippen LogP contribution < -0.4 is 10.6 Å². The van der Waals surface area contributed by atoms with Gasteiger partial charge in [-0.05, 0) is 42.4 Å². The molecule has 2 heterocycles. The van der Waals surface area contributed by atoms with Crippen molar-refractivity contribution < 1.29 is 4.42 Å². The Balaban J connectivity index is 1.54. The lowest BCUT2D eigenvalue weighted by molar-refractivity contribution is 0.503. The van der Waals surface area contributed by atoms with E-state index in [4.69, 9.17) is 16.6 Å². The maximum Gasteiger partial charge on any atom is 0.248 e. The lowest BCUT2D eigenvalue weighted by Gasteiger charge is -2.06. The van der Waals surface area contributed by atoms with Gasteiger partial charge in [0, 0.05) is 0 Å². The van der Waals surface area contributed by atoms with Crippen LogP contribution in [0.3, 0.4) is 0 Å².